The highest BCUT2D eigenvalue weighted by Crippen LogP contribution is 2.24. The zero-order valence-electron chi connectivity index (χ0n) is 21.7. The van der Waals surface area contributed by atoms with Gasteiger partial charge in [-0.05, 0) is 63.1 Å². The summed E-state index contributed by atoms with van der Waals surface area (Å²) in [6.45, 7) is 6.37. The van der Waals surface area contributed by atoms with Crippen molar-refractivity contribution in [2.24, 2.45) is 0 Å². The number of nitrogens with one attached hydrogen (secondary N) is 2. The number of rotatable bonds is 8. The van der Waals surface area contributed by atoms with E-state index in [1.54, 1.807) is 0 Å². The first-order chi connectivity index (χ1) is 17.4. The topological polar surface area (TPSA) is 90.9 Å². The minimum Gasteiger partial charge on any atom is -0.493 e. The summed E-state index contributed by atoms with van der Waals surface area (Å²) in [6.07, 6.45) is 4.42. The maximum Gasteiger partial charge on any atom is 0.234 e. The van der Waals surface area contributed by atoms with Gasteiger partial charge < -0.3 is 20.5 Å². The van der Waals surface area contributed by atoms with E-state index in [4.69, 9.17) is 4.74 Å². The Bertz CT molecular complexity index is 964. The van der Waals surface area contributed by atoms with Crippen LogP contribution in [0.25, 0.3) is 0 Å². The van der Waals surface area contributed by atoms with Crippen LogP contribution >= 0.6 is 0 Å². The van der Waals surface area contributed by atoms with Gasteiger partial charge in [-0.25, -0.2) is 0 Å². The SMILES string of the molecule is CC(C)N1CC(=O)NCCCCCOc2ccc(CCC(=O)N[C@H](CO)Cc3ccccc3)cc2C1. The summed E-state index contributed by atoms with van der Waals surface area (Å²) < 4.78 is 6.12. The molecule has 7 nitrogen and oxygen atoms in total. The third-order valence-electron chi connectivity index (χ3n) is 6.53. The fourth-order valence-corrected chi connectivity index (χ4v) is 4.36. The number of aryl methyl sites for hydroxylation is 1. The van der Waals surface area contributed by atoms with Gasteiger partial charge in [0.25, 0.3) is 0 Å². The van der Waals surface area contributed by atoms with Crippen LogP contribution < -0.4 is 15.4 Å². The molecule has 0 saturated carbocycles. The molecular formula is C29H41N3O4. The van der Waals surface area contributed by atoms with E-state index in [-0.39, 0.29) is 30.5 Å². The van der Waals surface area contributed by atoms with Crippen molar-refractivity contribution in [2.45, 2.75) is 71.0 Å². The van der Waals surface area contributed by atoms with Crippen LogP contribution in [-0.4, -0.2) is 60.2 Å². The molecule has 0 radical (unpaired) electrons. The Balaban J connectivity index is 1.65. The summed E-state index contributed by atoms with van der Waals surface area (Å²) in [4.78, 5) is 27.2. The van der Waals surface area contributed by atoms with Crippen molar-refractivity contribution in [3.05, 3.63) is 65.2 Å². The number of amides is 2. The Hall–Kier alpha value is -2.90. The number of fused-ring (bicyclic) bond motifs is 1. The lowest BCUT2D eigenvalue weighted by atomic mass is 10.0. The van der Waals surface area contributed by atoms with E-state index in [0.29, 0.717) is 45.5 Å². The molecule has 196 valence electrons. The van der Waals surface area contributed by atoms with Gasteiger partial charge in [0.1, 0.15) is 5.75 Å². The predicted molar refractivity (Wildman–Crippen MR) is 142 cm³/mol. The van der Waals surface area contributed by atoms with Crippen molar-refractivity contribution in [3.63, 3.8) is 0 Å². The number of aliphatic hydroxyl groups excluding tert-OH is 1. The molecule has 7 heteroatoms. The van der Waals surface area contributed by atoms with Gasteiger partial charge >= 0.3 is 0 Å². The van der Waals surface area contributed by atoms with E-state index in [9.17, 15) is 14.7 Å². The first-order valence-corrected chi connectivity index (χ1v) is 13.1. The van der Waals surface area contributed by atoms with Crippen molar-refractivity contribution in [1.82, 2.24) is 15.5 Å². The van der Waals surface area contributed by atoms with Crippen molar-refractivity contribution in [2.75, 3.05) is 26.3 Å². The van der Waals surface area contributed by atoms with Crippen LogP contribution in [0.4, 0.5) is 0 Å². The molecule has 0 spiro atoms. The van der Waals surface area contributed by atoms with Crippen molar-refractivity contribution < 1.29 is 19.4 Å². The second-order valence-corrected chi connectivity index (χ2v) is 9.84. The molecule has 0 saturated heterocycles. The molecule has 36 heavy (non-hydrogen) atoms. The molecule has 0 aromatic heterocycles. The van der Waals surface area contributed by atoms with Crippen LogP contribution in [0, 0.1) is 0 Å². The summed E-state index contributed by atoms with van der Waals surface area (Å²) in [5.41, 5.74) is 3.16. The molecule has 1 heterocycles. The highest BCUT2D eigenvalue weighted by atomic mass is 16.5. The maximum absolute atomic E-state index is 12.6. The molecule has 0 bridgehead atoms. The third-order valence-corrected chi connectivity index (χ3v) is 6.53. The molecule has 0 fully saturated rings. The second-order valence-electron chi connectivity index (χ2n) is 9.84. The Kier molecular flexibility index (Phi) is 11.2. The van der Waals surface area contributed by atoms with Gasteiger partial charge in [0, 0.05) is 31.1 Å². The van der Waals surface area contributed by atoms with Gasteiger partial charge in [-0.1, -0.05) is 42.5 Å². The highest BCUT2D eigenvalue weighted by Gasteiger charge is 2.18. The lowest BCUT2D eigenvalue weighted by molar-refractivity contribution is -0.123. The van der Waals surface area contributed by atoms with E-state index in [2.05, 4.69) is 35.4 Å². The predicted octanol–water partition coefficient (Wildman–Crippen LogP) is 3.23. The first kappa shape index (κ1) is 27.7. The second kappa shape index (κ2) is 14.6. The minimum absolute atomic E-state index is 0.0483. The van der Waals surface area contributed by atoms with E-state index >= 15 is 0 Å². The quantitative estimate of drug-likeness (QED) is 0.523. The molecule has 2 amide bonds. The molecule has 3 N–H and O–H groups in total. The van der Waals surface area contributed by atoms with Gasteiger partial charge in [0.05, 0.1) is 25.8 Å². The Morgan fingerprint density at radius 3 is 2.64 bits per heavy atom. The van der Waals surface area contributed by atoms with Gasteiger partial charge in [0.15, 0.2) is 0 Å². The monoisotopic (exact) mass is 495 g/mol. The van der Waals surface area contributed by atoms with Crippen LogP contribution in [0.1, 0.15) is 56.2 Å². The number of nitrogens with zero attached hydrogens (tertiary/aromatic N) is 1. The number of hydrogen-bond donors (Lipinski definition) is 3. The largest absolute Gasteiger partial charge is 0.493 e. The summed E-state index contributed by atoms with van der Waals surface area (Å²) in [5.74, 6) is 0.814. The molecule has 1 atom stereocenters. The lowest BCUT2D eigenvalue weighted by Gasteiger charge is -2.27. The molecule has 0 unspecified atom stereocenters. The van der Waals surface area contributed by atoms with E-state index in [0.717, 1.165) is 41.7 Å². The average Bonchev–Trinajstić information content (AvgIpc) is 2.88. The van der Waals surface area contributed by atoms with E-state index < -0.39 is 0 Å². The molecule has 1 aliphatic rings. The van der Waals surface area contributed by atoms with E-state index in [1.807, 2.05) is 42.5 Å². The summed E-state index contributed by atoms with van der Waals surface area (Å²) >= 11 is 0. The van der Waals surface area contributed by atoms with Crippen molar-refractivity contribution in [1.29, 1.82) is 0 Å². The smallest absolute Gasteiger partial charge is 0.234 e. The number of benzene rings is 2. The molecule has 3 rings (SSSR count). The number of ether oxygens (including phenoxy) is 1. The van der Waals surface area contributed by atoms with Crippen LogP contribution in [0.3, 0.4) is 0 Å². The third kappa shape index (κ3) is 9.28. The maximum atomic E-state index is 12.6. The number of aliphatic hydroxyl groups is 1. The Morgan fingerprint density at radius 2 is 1.89 bits per heavy atom. The Morgan fingerprint density at radius 1 is 1.08 bits per heavy atom. The first-order valence-electron chi connectivity index (χ1n) is 13.1. The van der Waals surface area contributed by atoms with Crippen molar-refractivity contribution >= 4 is 11.8 Å². The van der Waals surface area contributed by atoms with Crippen LogP contribution in [0.2, 0.25) is 0 Å². The lowest BCUT2D eigenvalue weighted by Crippen LogP contribution is -2.40. The van der Waals surface area contributed by atoms with Crippen molar-refractivity contribution in [3.8, 4) is 5.75 Å². The fraction of sp³-hybridized carbons (Fsp3) is 0.517. The number of carbonyl (C=O) groups is 2. The standard InChI is InChI=1S/C29H41N3O4/c1-22(2)32-19-25-17-24(11-13-27(25)36-16-8-4-7-15-30-29(35)20-32)12-14-28(34)31-26(21-33)18-23-9-5-3-6-10-23/h3,5-6,9-11,13,17,22,26,33H,4,7-8,12,14-16,18-21H2,1-2H3,(H,30,35)(H,31,34)/t26-/m0/s1. The van der Waals surface area contributed by atoms with Crippen LogP contribution in [-0.2, 0) is 29.0 Å². The highest BCUT2D eigenvalue weighted by molar-refractivity contribution is 5.78. The minimum atomic E-state index is -0.306. The van der Waals surface area contributed by atoms with Crippen LogP contribution in [0.5, 0.6) is 5.75 Å². The zero-order chi connectivity index (χ0) is 25.8. The van der Waals surface area contributed by atoms with Gasteiger partial charge in [-0.3, -0.25) is 14.5 Å². The van der Waals surface area contributed by atoms with Gasteiger partial charge in [0.2, 0.25) is 11.8 Å². The number of hydrogen-bond acceptors (Lipinski definition) is 5. The fourth-order valence-electron chi connectivity index (χ4n) is 4.36. The zero-order valence-corrected chi connectivity index (χ0v) is 21.7. The normalized spacial score (nSPS) is 16.5. The van der Waals surface area contributed by atoms with Gasteiger partial charge in [-0.2, -0.15) is 0 Å². The Labute approximate surface area is 215 Å². The summed E-state index contributed by atoms with van der Waals surface area (Å²) in [5, 5.41) is 15.7. The number of carbonyl (C=O) groups excluding carboxylic acids is 2. The molecule has 2 aromatic rings. The summed E-state index contributed by atoms with van der Waals surface area (Å²) in [6, 6.07) is 15.9. The van der Waals surface area contributed by atoms with Crippen LogP contribution in [0.15, 0.2) is 48.5 Å². The molecular weight excluding hydrogens is 454 g/mol. The summed E-state index contributed by atoms with van der Waals surface area (Å²) in [7, 11) is 0. The molecule has 1 aliphatic heterocycles. The van der Waals surface area contributed by atoms with E-state index in [1.165, 1.54) is 0 Å². The molecule has 0 aliphatic carbocycles. The van der Waals surface area contributed by atoms with Gasteiger partial charge in [-0.15, -0.1) is 0 Å². The molecule has 2 aromatic carbocycles. The average molecular weight is 496 g/mol.